The largest absolute Gasteiger partial charge is 0.273 e. The average molecular weight is 456 g/mol. The zero-order chi connectivity index (χ0) is 21.9. The lowest BCUT2D eigenvalue weighted by Crippen LogP contribution is -2.16. The smallest absolute Gasteiger partial charge is 0.240 e. The Hall–Kier alpha value is -1.06. The number of hydrogen-bond donors (Lipinski definition) is 1. The highest BCUT2D eigenvalue weighted by Crippen LogP contribution is 2.22. The maximum absolute atomic E-state index is 11.8. The third-order valence-corrected chi connectivity index (χ3v) is 6.05. The molecule has 170 valence electrons. The summed E-state index contributed by atoms with van der Waals surface area (Å²) in [5.74, 6) is -0.0656. The van der Waals surface area contributed by atoms with Crippen LogP contribution in [0.4, 0.5) is 0 Å². The molecule has 0 fully saturated rings. The number of unbranched alkanes of at least 4 members (excludes halogenated alkanes) is 14. The average Bonchev–Trinajstić information content (AvgIpc) is 2.73. The van der Waals surface area contributed by atoms with Gasteiger partial charge in [0.2, 0.25) is 5.91 Å². The van der Waals surface area contributed by atoms with Gasteiger partial charge in [-0.15, -0.1) is 0 Å². The maximum atomic E-state index is 11.8. The molecular weight excluding hydrogens is 415 g/mol. The molecule has 30 heavy (non-hydrogen) atoms. The molecule has 3 nitrogen and oxygen atoms in total. The second-order valence-corrected chi connectivity index (χ2v) is 8.94. The Bertz CT molecular complexity index is 585. The molecule has 1 N–H and O–H groups in total. The molecule has 0 aliphatic heterocycles. The number of benzene rings is 1. The SMILES string of the molecule is CCCCCCCCCCCCCCCCCC(=O)NN=Cc1c(Cl)cccc1Cl. The molecular formula is C25H40Cl2N2O. The molecule has 0 saturated carbocycles. The summed E-state index contributed by atoms with van der Waals surface area (Å²) in [5, 5.41) is 4.99. The van der Waals surface area contributed by atoms with E-state index in [4.69, 9.17) is 23.2 Å². The molecule has 0 atom stereocenters. The first-order valence-electron chi connectivity index (χ1n) is 11.9. The van der Waals surface area contributed by atoms with E-state index in [1.807, 2.05) is 0 Å². The summed E-state index contributed by atoms with van der Waals surface area (Å²) < 4.78 is 0. The fourth-order valence-corrected chi connectivity index (χ4v) is 4.01. The van der Waals surface area contributed by atoms with Gasteiger partial charge in [0.15, 0.2) is 0 Å². The Kier molecular flexibility index (Phi) is 16.8. The summed E-state index contributed by atoms with van der Waals surface area (Å²) in [6.07, 6.45) is 21.8. The standard InChI is InChI=1S/C25H40Cl2N2O/c1-2-3-4-5-6-7-8-9-10-11-12-13-14-15-16-20-25(30)29-28-21-22-23(26)18-17-19-24(22)27/h17-19,21H,2-16,20H2,1H3,(H,29,30). The Morgan fingerprint density at radius 2 is 1.23 bits per heavy atom. The van der Waals surface area contributed by atoms with Crippen LogP contribution in [0.3, 0.4) is 0 Å². The van der Waals surface area contributed by atoms with Gasteiger partial charge in [-0.05, 0) is 18.6 Å². The van der Waals surface area contributed by atoms with E-state index in [0.29, 0.717) is 22.0 Å². The molecule has 0 radical (unpaired) electrons. The van der Waals surface area contributed by atoms with E-state index in [0.717, 1.165) is 12.8 Å². The van der Waals surface area contributed by atoms with Crippen molar-refractivity contribution in [1.29, 1.82) is 0 Å². The lowest BCUT2D eigenvalue weighted by atomic mass is 10.0. The van der Waals surface area contributed by atoms with Gasteiger partial charge in [-0.1, -0.05) is 126 Å². The Labute approximate surface area is 194 Å². The summed E-state index contributed by atoms with van der Waals surface area (Å²) in [6.45, 7) is 2.27. The Balaban J connectivity index is 1.90. The molecule has 1 aromatic rings. The third kappa shape index (κ3) is 14.0. The summed E-state index contributed by atoms with van der Waals surface area (Å²) in [7, 11) is 0. The van der Waals surface area contributed by atoms with E-state index in [1.165, 1.54) is 89.7 Å². The molecule has 0 heterocycles. The van der Waals surface area contributed by atoms with E-state index < -0.39 is 0 Å². The molecule has 0 saturated heterocycles. The van der Waals surface area contributed by atoms with Crippen LogP contribution in [-0.2, 0) is 4.79 Å². The molecule has 1 rings (SSSR count). The quantitative estimate of drug-likeness (QED) is 0.134. The number of nitrogens with one attached hydrogen (secondary N) is 1. The maximum Gasteiger partial charge on any atom is 0.240 e. The third-order valence-electron chi connectivity index (χ3n) is 5.39. The monoisotopic (exact) mass is 454 g/mol. The number of halogens is 2. The van der Waals surface area contributed by atoms with E-state index in [-0.39, 0.29) is 5.91 Å². The molecule has 0 aliphatic rings. The van der Waals surface area contributed by atoms with Crippen molar-refractivity contribution in [1.82, 2.24) is 5.43 Å². The van der Waals surface area contributed by atoms with Crippen LogP contribution >= 0.6 is 23.2 Å². The van der Waals surface area contributed by atoms with Crippen molar-refractivity contribution in [2.45, 2.75) is 110 Å². The number of carbonyl (C=O) groups excluding carboxylic acids is 1. The van der Waals surface area contributed by atoms with Crippen molar-refractivity contribution >= 4 is 35.3 Å². The zero-order valence-electron chi connectivity index (χ0n) is 18.7. The minimum absolute atomic E-state index is 0.0656. The molecule has 0 aromatic heterocycles. The van der Waals surface area contributed by atoms with Crippen LogP contribution in [0.15, 0.2) is 23.3 Å². The van der Waals surface area contributed by atoms with Gasteiger partial charge in [-0.2, -0.15) is 5.10 Å². The van der Waals surface area contributed by atoms with Gasteiger partial charge >= 0.3 is 0 Å². The van der Waals surface area contributed by atoms with Gasteiger partial charge in [0.25, 0.3) is 0 Å². The van der Waals surface area contributed by atoms with Crippen LogP contribution in [0.2, 0.25) is 10.0 Å². The van der Waals surface area contributed by atoms with E-state index in [9.17, 15) is 4.79 Å². The number of rotatable bonds is 18. The van der Waals surface area contributed by atoms with Crippen LogP contribution in [0.5, 0.6) is 0 Å². The van der Waals surface area contributed by atoms with Gasteiger partial charge in [-0.3, -0.25) is 4.79 Å². The lowest BCUT2D eigenvalue weighted by molar-refractivity contribution is -0.121. The van der Waals surface area contributed by atoms with Gasteiger partial charge in [-0.25, -0.2) is 5.43 Å². The molecule has 1 aromatic carbocycles. The fourth-order valence-electron chi connectivity index (χ4n) is 3.52. The number of nitrogens with zero attached hydrogens (tertiary/aromatic N) is 1. The molecule has 1 amide bonds. The number of hydrogen-bond acceptors (Lipinski definition) is 2. The second-order valence-electron chi connectivity index (χ2n) is 8.13. The topological polar surface area (TPSA) is 41.5 Å². The van der Waals surface area contributed by atoms with Crippen LogP contribution in [-0.4, -0.2) is 12.1 Å². The van der Waals surface area contributed by atoms with Gasteiger partial charge in [0.1, 0.15) is 0 Å². The van der Waals surface area contributed by atoms with Crippen molar-refractivity contribution in [3.8, 4) is 0 Å². The number of amides is 1. The van der Waals surface area contributed by atoms with Crippen LogP contribution in [0.1, 0.15) is 115 Å². The molecule has 0 unspecified atom stereocenters. The number of hydrazone groups is 1. The first-order valence-corrected chi connectivity index (χ1v) is 12.7. The van der Waals surface area contributed by atoms with Crippen molar-refractivity contribution in [3.63, 3.8) is 0 Å². The first-order chi connectivity index (χ1) is 14.6. The minimum atomic E-state index is -0.0656. The van der Waals surface area contributed by atoms with E-state index in [2.05, 4.69) is 17.5 Å². The van der Waals surface area contributed by atoms with Gasteiger partial charge < -0.3 is 0 Å². The Morgan fingerprint density at radius 3 is 1.70 bits per heavy atom. The lowest BCUT2D eigenvalue weighted by Gasteiger charge is -2.04. The van der Waals surface area contributed by atoms with E-state index in [1.54, 1.807) is 18.2 Å². The zero-order valence-corrected chi connectivity index (χ0v) is 20.2. The van der Waals surface area contributed by atoms with Gasteiger partial charge in [0, 0.05) is 12.0 Å². The molecule has 5 heteroatoms. The number of carbonyl (C=O) groups is 1. The Morgan fingerprint density at radius 1 is 0.800 bits per heavy atom. The highest BCUT2D eigenvalue weighted by atomic mass is 35.5. The van der Waals surface area contributed by atoms with Crippen molar-refractivity contribution in [3.05, 3.63) is 33.8 Å². The predicted octanol–water partition coefficient (Wildman–Crippen LogP) is 8.71. The summed E-state index contributed by atoms with van der Waals surface area (Å²) in [4.78, 5) is 11.8. The first kappa shape index (κ1) is 27.0. The fraction of sp³-hybridized carbons (Fsp3) is 0.680. The normalized spacial score (nSPS) is 11.3. The van der Waals surface area contributed by atoms with E-state index >= 15 is 0 Å². The highest BCUT2D eigenvalue weighted by molar-refractivity contribution is 6.38. The van der Waals surface area contributed by atoms with Gasteiger partial charge in [0.05, 0.1) is 16.3 Å². The van der Waals surface area contributed by atoms with Crippen molar-refractivity contribution in [2.75, 3.05) is 0 Å². The molecule has 0 aliphatic carbocycles. The summed E-state index contributed by atoms with van der Waals surface area (Å²) in [5.41, 5.74) is 3.17. The van der Waals surface area contributed by atoms with Crippen LogP contribution < -0.4 is 5.43 Å². The second kappa shape index (κ2) is 18.7. The summed E-state index contributed by atoms with van der Waals surface area (Å²) >= 11 is 12.1. The minimum Gasteiger partial charge on any atom is -0.273 e. The predicted molar refractivity (Wildman–Crippen MR) is 132 cm³/mol. The van der Waals surface area contributed by atoms with Crippen LogP contribution in [0.25, 0.3) is 0 Å². The summed E-state index contributed by atoms with van der Waals surface area (Å²) in [6, 6.07) is 5.26. The molecule has 0 spiro atoms. The van der Waals surface area contributed by atoms with Crippen molar-refractivity contribution < 1.29 is 4.79 Å². The van der Waals surface area contributed by atoms with Crippen molar-refractivity contribution in [2.24, 2.45) is 5.10 Å². The van der Waals surface area contributed by atoms with Crippen LogP contribution in [0, 0.1) is 0 Å². The highest BCUT2D eigenvalue weighted by Gasteiger charge is 2.03. The molecule has 0 bridgehead atoms.